The van der Waals surface area contributed by atoms with E-state index in [4.69, 9.17) is 34.8 Å². The highest BCUT2D eigenvalue weighted by Crippen LogP contribution is 2.23. The second kappa shape index (κ2) is 13.1. The summed E-state index contributed by atoms with van der Waals surface area (Å²) in [6, 6.07) is 14.8. The number of hydrogen-bond acceptors (Lipinski definition) is 2. The summed E-state index contributed by atoms with van der Waals surface area (Å²) in [4.78, 5) is 21.3. The van der Waals surface area contributed by atoms with Crippen molar-refractivity contribution in [3.63, 3.8) is 0 Å². The third-order valence-electron chi connectivity index (χ3n) is 5.04. The van der Waals surface area contributed by atoms with Crippen molar-refractivity contribution in [3.8, 4) is 0 Å². The van der Waals surface area contributed by atoms with E-state index in [0.717, 1.165) is 12.0 Å². The number of alkyl halides is 2. The zero-order chi connectivity index (χ0) is 21.1. The molecule has 0 atom stereocenters. The van der Waals surface area contributed by atoms with Crippen LogP contribution < -0.4 is 0 Å². The molecular weight excluding hydrogens is 427 g/mol. The van der Waals surface area contributed by atoms with E-state index in [9.17, 15) is 9.59 Å². The topological polar surface area (TPSA) is 34.1 Å². The van der Waals surface area contributed by atoms with E-state index < -0.39 is 0 Å². The highest BCUT2D eigenvalue weighted by Gasteiger charge is 2.13. The number of aryl methyl sites for hydroxylation is 4. The molecule has 156 valence electrons. The van der Waals surface area contributed by atoms with E-state index in [2.05, 4.69) is 30.3 Å². The molecule has 0 fully saturated rings. The van der Waals surface area contributed by atoms with Crippen LogP contribution in [-0.2, 0) is 30.5 Å². The van der Waals surface area contributed by atoms with Gasteiger partial charge in [-0.3, -0.25) is 9.59 Å². The molecule has 2 aromatic rings. The van der Waals surface area contributed by atoms with Gasteiger partial charge in [-0.15, -0.1) is 23.2 Å². The predicted octanol–water partition coefficient (Wildman–Crippen LogP) is 6.54. The number of rotatable bonds is 5. The summed E-state index contributed by atoms with van der Waals surface area (Å²) < 4.78 is 0. The SMILES string of the molecule is O=C(CCCl)c1ccc2c(c1)CCC2.O=C(Cl)CCCl.c1ccc2c(c1)CCC2. The maximum absolute atomic E-state index is 11.6. The summed E-state index contributed by atoms with van der Waals surface area (Å²) >= 11 is 15.5. The van der Waals surface area contributed by atoms with Crippen LogP contribution in [0.15, 0.2) is 42.5 Å². The quantitative estimate of drug-likeness (QED) is 0.292. The number of hydrogen-bond donors (Lipinski definition) is 0. The van der Waals surface area contributed by atoms with E-state index >= 15 is 0 Å². The lowest BCUT2D eigenvalue weighted by atomic mass is 10.0. The molecule has 4 rings (SSSR count). The van der Waals surface area contributed by atoms with Gasteiger partial charge in [-0.1, -0.05) is 36.4 Å². The number of Topliss-reactive ketones (excluding diaryl/α,β-unsaturated/α-hetero) is 1. The van der Waals surface area contributed by atoms with E-state index in [0.29, 0.717) is 18.2 Å². The summed E-state index contributed by atoms with van der Waals surface area (Å²) in [7, 11) is 0. The van der Waals surface area contributed by atoms with Gasteiger partial charge < -0.3 is 0 Å². The minimum absolute atomic E-state index is 0.162. The molecule has 0 unspecified atom stereocenters. The molecule has 0 amide bonds. The lowest BCUT2D eigenvalue weighted by Gasteiger charge is -2.02. The molecule has 29 heavy (non-hydrogen) atoms. The lowest BCUT2D eigenvalue weighted by molar-refractivity contribution is -0.111. The maximum atomic E-state index is 11.6. The fourth-order valence-corrected chi connectivity index (χ4v) is 4.10. The smallest absolute Gasteiger partial charge is 0.222 e. The number of benzene rings is 2. The first-order valence-corrected chi connectivity index (χ1v) is 11.5. The highest BCUT2D eigenvalue weighted by molar-refractivity contribution is 6.63. The van der Waals surface area contributed by atoms with Crippen molar-refractivity contribution in [1.82, 2.24) is 0 Å². The maximum Gasteiger partial charge on any atom is 0.222 e. The zero-order valence-corrected chi connectivity index (χ0v) is 18.8. The van der Waals surface area contributed by atoms with Crippen LogP contribution in [0.5, 0.6) is 0 Å². The Balaban J connectivity index is 0.000000172. The third-order valence-corrected chi connectivity index (χ3v) is 5.61. The van der Waals surface area contributed by atoms with Crippen LogP contribution in [0.1, 0.15) is 58.3 Å². The summed E-state index contributed by atoms with van der Waals surface area (Å²) in [6.45, 7) is 0. The Bertz CT molecular complexity index is 795. The molecule has 0 radical (unpaired) electrons. The molecule has 2 aliphatic carbocycles. The summed E-state index contributed by atoms with van der Waals surface area (Å²) in [6.07, 6.45) is 8.19. The van der Waals surface area contributed by atoms with Crippen molar-refractivity contribution in [2.24, 2.45) is 0 Å². The van der Waals surface area contributed by atoms with Crippen LogP contribution in [0.3, 0.4) is 0 Å². The van der Waals surface area contributed by atoms with Crippen molar-refractivity contribution >= 4 is 45.8 Å². The summed E-state index contributed by atoms with van der Waals surface area (Å²) in [5.41, 5.74) is 6.72. The first-order valence-electron chi connectivity index (χ1n) is 10.1. The Labute approximate surface area is 188 Å². The van der Waals surface area contributed by atoms with Crippen LogP contribution >= 0.6 is 34.8 Å². The zero-order valence-electron chi connectivity index (χ0n) is 16.6. The van der Waals surface area contributed by atoms with Gasteiger partial charge in [0.25, 0.3) is 0 Å². The molecule has 2 nitrogen and oxygen atoms in total. The van der Waals surface area contributed by atoms with E-state index in [1.165, 1.54) is 43.2 Å². The summed E-state index contributed by atoms with van der Waals surface area (Å²) in [5, 5.41) is -0.370. The number of fused-ring (bicyclic) bond motifs is 2. The monoisotopic (exact) mass is 452 g/mol. The van der Waals surface area contributed by atoms with Gasteiger partial charge in [0.1, 0.15) is 0 Å². The molecule has 5 heteroatoms. The third kappa shape index (κ3) is 8.12. The van der Waals surface area contributed by atoms with Crippen molar-refractivity contribution in [2.45, 2.75) is 51.4 Å². The Kier molecular flexibility index (Phi) is 10.8. The largest absolute Gasteiger partial charge is 0.294 e. The number of halogens is 3. The van der Waals surface area contributed by atoms with Crippen molar-refractivity contribution < 1.29 is 9.59 Å². The van der Waals surface area contributed by atoms with Crippen molar-refractivity contribution in [1.29, 1.82) is 0 Å². The average Bonchev–Trinajstić information content (AvgIpc) is 3.37. The predicted molar refractivity (Wildman–Crippen MR) is 123 cm³/mol. The number of carbonyl (C=O) groups is 2. The second-order valence-corrected chi connectivity index (χ2v) is 8.29. The van der Waals surface area contributed by atoms with E-state index in [-0.39, 0.29) is 17.4 Å². The van der Waals surface area contributed by atoms with Crippen LogP contribution in [0.2, 0.25) is 0 Å². The molecule has 0 aliphatic heterocycles. The fraction of sp³-hybridized carbons (Fsp3) is 0.417. The minimum Gasteiger partial charge on any atom is -0.294 e. The van der Waals surface area contributed by atoms with Gasteiger partial charge in [0, 0.05) is 30.2 Å². The minimum atomic E-state index is -0.370. The number of carbonyl (C=O) groups excluding carboxylic acids is 2. The second-order valence-electron chi connectivity index (χ2n) is 7.12. The molecule has 2 aliphatic rings. The van der Waals surface area contributed by atoms with Gasteiger partial charge in [0.05, 0.1) is 0 Å². The van der Waals surface area contributed by atoms with Gasteiger partial charge in [0.15, 0.2) is 5.78 Å². The van der Waals surface area contributed by atoms with Crippen molar-refractivity contribution in [2.75, 3.05) is 11.8 Å². The molecular formula is C24H27Cl3O2. The number of ketones is 1. The van der Waals surface area contributed by atoms with Crippen LogP contribution in [-0.4, -0.2) is 22.8 Å². The Morgan fingerprint density at radius 2 is 1.24 bits per heavy atom. The summed E-state index contributed by atoms with van der Waals surface area (Å²) in [5.74, 6) is 0.896. The van der Waals surface area contributed by atoms with Gasteiger partial charge in [-0.25, -0.2) is 0 Å². The highest BCUT2D eigenvalue weighted by atomic mass is 35.5. The Hall–Kier alpha value is -1.35. The Morgan fingerprint density at radius 3 is 1.72 bits per heavy atom. The van der Waals surface area contributed by atoms with Crippen LogP contribution in [0.4, 0.5) is 0 Å². The van der Waals surface area contributed by atoms with Gasteiger partial charge in [-0.05, 0) is 78.4 Å². The van der Waals surface area contributed by atoms with Crippen molar-refractivity contribution in [3.05, 3.63) is 70.3 Å². The molecule has 2 aromatic carbocycles. The first-order chi connectivity index (χ1) is 14.0. The molecule has 0 N–H and O–H groups in total. The van der Waals surface area contributed by atoms with Crippen LogP contribution in [0, 0.1) is 0 Å². The first kappa shape index (κ1) is 23.9. The Morgan fingerprint density at radius 1 is 0.724 bits per heavy atom. The molecule has 0 saturated carbocycles. The van der Waals surface area contributed by atoms with Gasteiger partial charge in [0.2, 0.25) is 5.24 Å². The average molecular weight is 454 g/mol. The molecule has 0 saturated heterocycles. The van der Waals surface area contributed by atoms with Crippen LogP contribution in [0.25, 0.3) is 0 Å². The standard InChI is InChI=1S/C12H13ClO.C9H10.C3H4Cl2O/c13-7-6-12(14)11-5-4-9-2-1-3-10(9)8-11;1-2-5-9-7-3-6-8(9)4-1;4-2-1-3(5)6/h4-5,8H,1-3,6-7H2;1-2,4-5H,3,6-7H2;1-2H2. The molecule has 0 spiro atoms. The molecule has 0 bridgehead atoms. The normalized spacial score (nSPS) is 13.3. The van der Waals surface area contributed by atoms with Gasteiger partial charge in [-0.2, -0.15) is 0 Å². The van der Waals surface area contributed by atoms with Gasteiger partial charge >= 0.3 is 0 Å². The van der Waals surface area contributed by atoms with E-state index in [1.807, 2.05) is 12.1 Å². The van der Waals surface area contributed by atoms with E-state index in [1.54, 1.807) is 11.1 Å². The fourth-order valence-electron chi connectivity index (χ4n) is 3.56. The molecule has 0 heterocycles. The lowest BCUT2D eigenvalue weighted by Crippen LogP contribution is -2.00. The molecule has 0 aromatic heterocycles.